The second-order valence-corrected chi connectivity index (χ2v) is 9.75. The minimum atomic E-state index is 0. The Hall–Kier alpha value is -2.92. The summed E-state index contributed by atoms with van der Waals surface area (Å²) < 4.78 is 3.91. The van der Waals surface area contributed by atoms with E-state index in [1.165, 1.54) is 0 Å². The third kappa shape index (κ3) is 9.81. The van der Waals surface area contributed by atoms with Crippen LogP contribution in [0.1, 0.15) is 19.3 Å². The lowest BCUT2D eigenvalue weighted by Crippen LogP contribution is -3.00. The molecule has 0 bridgehead atoms. The van der Waals surface area contributed by atoms with Gasteiger partial charge in [-0.25, -0.2) is 9.13 Å². The van der Waals surface area contributed by atoms with E-state index < -0.39 is 0 Å². The van der Waals surface area contributed by atoms with Crippen LogP contribution in [0.25, 0.3) is 0 Å². The van der Waals surface area contributed by atoms with E-state index in [4.69, 9.17) is 0 Å². The van der Waals surface area contributed by atoms with E-state index in [2.05, 4.69) is 31.1 Å². The van der Waals surface area contributed by atoms with Gasteiger partial charge >= 0.3 is 10.3 Å². The fraction of sp³-hybridized carbons (Fsp3) is 0.280. The lowest BCUT2D eigenvalue weighted by atomic mass is 10.2. The molecule has 0 fully saturated rings. The Morgan fingerprint density at radius 1 is 0.595 bits per heavy atom. The van der Waals surface area contributed by atoms with Crippen LogP contribution in [-0.4, -0.2) is 13.1 Å². The Morgan fingerprint density at radius 2 is 1.00 bits per heavy atom. The molecule has 2 aromatic carbocycles. The molecule has 0 saturated heterocycles. The highest BCUT2D eigenvalue weighted by Gasteiger charge is 2.08. The second-order valence-electron chi connectivity index (χ2n) is 8.00. The fourth-order valence-corrected chi connectivity index (χ4v) is 4.59. The maximum atomic E-state index is 4.30. The van der Waals surface area contributed by atoms with Crippen molar-refractivity contribution in [3.63, 3.8) is 0 Å². The van der Waals surface area contributed by atoms with E-state index in [9.17, 15) is 0 Å². The van der Waals surface area contributed by atoms with Gasteiger partial charge in [0.15, 0.2) is 0 Å². The van der Waals surface area contributed by atoms with Gasteiger partial charge in [0, 0.05) is 35.2 Å². The minimum absolute atomic E-state index is 0. The van der Waals surface area contributed by atoms with Crippen molar-refractivity contribution in [2.24, 2.45) is 34.6 Å². The van der Waals surface area contributed by atoms with Gasteiger partial charge in [0.2, 0.25) is 0 Å². The molecule has 12 heteroatoms. The lowest BCUT2D eigenvalue weighted by Gasteiger charge is -2.08. The third-order valence-electron chi connectivity index (χ3n) is 5.27. The van der Waals surface area contributed by atoms with E-state index in [1.807, 2.05) is 94.9 Å². The highest BCUT2D eigenvalue weighted by atomic mass is 35.5. The predicted molar refractivity (Wildman–Crippen MR) is 143 cm³/mol. The normalized spacial score (nSPS) is 10.9. The monoisotopic (exact) mass is 576 g/mol. The number of anilines is 2. The van der Waals surface area contributed by atoms with Crippen molar-refractivity contribution in [2.45, 2.75) is 19.3 Å². The number of nitrogens with zero attached hydrogens (tertiary/aromatic N) is 6. The van der Waals surface area contributed by atoms with Gasteiger partial charge in [-0.15, -0.1) is 0 Å². The molecule has 2 aromatic heterocycles. The topological polar surface area (TPSA) is 81.3 Å². The average molecular weight is 578 g/mol. The van der Waals surface area contributed by atoms with Crippen molar-refractivity contribution >= 4 is 55.7 Å². The van der Waals surface area contributed by atoms with E-state index in [-0.39, 0.29) is 24.8 Å². The van der Waals surface area contributed by atoms with Crippen molar-refractivity contribution in [3.8, 4) is 0 Å². The Labute approximate surface area is 238 Å². The number of unbranched alkanes of at least 4 members (excludes halogenated alkanes) is 2. The summed E-state index contributed by atoms with van der Waals surface area (Å²) in [6.45, 7) is 1.90. The molecule has 0 saturated carbocycles. The van der Waals surface area contributed by atoms with Crippen LogP contribution in [0, 0.1) is 0 Å². The van der Waals surface area contributed by atoms with Gasteiger partial charge in [0.05, 0.1) is 24.3 Å². The molecule has 2 N–H and O–H groups in total. The molecule has 0 unspecified atom stereocenters. The number of aromatic nitrogens is 2. The summed E-state index contributed by atoms with van der Waals surface area (Å²) in [4.78, 5) is 0. The summed E-state index contributed by atoms with van der Waals surface area (Å²) in [5.41, 5.74) is 3.91. The number of halogens is 2. The largest absolute Gasteiger partial charge is 1.00 e. The van der Waals surface area contributed by atoms with Crippen LogP contribution in [0.3, 0.4) is 0 Å². The van der Waals surface area contributed by atoms with Crippen molar-refractivity contribution in [1.29, 1.82) is 0 Å². The number of hydrogen-bond donors (Lipinski definition) is 2. The summed E-state index contributed by atoms with van der Waals surface area (Å²) >= 11 is 3.14. The molecule has 0 radical (unpaired) electrons. The number of hydrogen-bond acceptors (Lipinski definition) is 8. The molecule has 0 aliphatic rings. The molecule has 4 aromatic rings. The summed E-state index contributed by atoms with van der Waals surface area (Å²) in [5, 5.41) is 29.9. The quantitative estimate of drug-likeness (QED) is 0.150. The van der Waals surface area contributed by atoms with E-state index in [1.54, 1.807) is 22.7 Å². The number of nitrogens with one attached hydrogen (secondary N) is 2. The van der Waals surface area contributed by atoms with Crippen molar-refractivity contribution in [1.82, 2.24) is 0 Å². The smallest absolute Gasteiger partial charge is 0.408 e. The van der Waals surface area contributed by atoms with Gasteiger partial charge in [0.1, 0.15) is 23.8 Å². The first-order chi connectivity index (χ1) is 17.2. The zero-order valence-electron chi connectivity index (χ0n) is 20.7. The molecule has 0 atom stereocenters. The van der Waals surface area contributed by atoms with Crippen LogP contribution in [0.15, 0.2) is 92.1 Å². The molecular formula is C25H30Cl2N8S2. The molecule has 0 aliphatic carbocycles. The zero-order chi connectivity index (χ0) is 24.3. The molecular weight excluding hydrogens is 547 g/mol. The van der Waals surface area contributed by atoms with Crippen molar-refractivity contribution in [2.75, 3.05) is 23.7 Å². The molecule has 196 valence electrons. The van der Waals surface area contributed by atoms with Gasteiger partial charge in [0.25, 0.3) is 0 Å². The summed E-state index contributed by atoms with van der Waals surface area (Å²) in [7, 11) is 3.93. The van der Waals surface area contributed by atoms with E-state index in [0.29, 0.717) is 0 Å². The maximum absolute atomic E-state index is 4.30. The molecule has 0 aliphatic heterocycles. The zero-order valence-corrected chi connectivity index (χ0v) is 23.9. The van der Waals surface area contributed by atoms with Gasteiger partial charge in [-0.1, -0.05) is 0 Å². The van der Waals surface area contributed by atoms with Gasteiger partial charge in [-0.3, -0.25) is 0 Å². The number of benzene rings is 2. The molecule has 4 rings (SSSR count). The van der Waals surface area contributed by atoms with Crippen LogP contribution in [-0.2, 0) is 14.1 Å². The van der Waals surface area contributed by atoms with Crippen LogP contribution >= 0.6 is 22.7 Å². The SMILES string of the molecule is C[n+]1ccsc1N=Nc1ccc(NCCCCCNc2ccc(N=Nc3scc[n+]3C)cc2)cc1.[Cl-].[Cl-]. The number of thiazole rings is 2. The molecule has 0 amide bonds. The maximum Gasteiger partial charge on any atom is 0.408 e. The first-order valence-electron chi connectivity index (χ1n) is 11.5. The Balaban J connectivity index is 0.00000241. The Bertz CT molecular complexity index is 1160. The fourth-order valence-electron chi connectivity index (χ4n) is 3.23. The summed E-state index contributed by atoms with van der Waals surface area (Å²) in [6.07, 6.45) is 7.35. The standard InChI is InChI=1S/C25H28N8S2.2ClH/c1-32-16-18-34-24(32)30-28-22-10-6-20(7-11-22)26-14-4-3-5-15-27-21-8-12-23(13-9-21)29-31-25-33(2)17-19-35-25;;/h6-13,16-19H,3-5,14-15H2,1-2H3;2*1H. The Morgan fingerprint density at radius 3 is 1.35 bits per heavy atom. The Kier molecular flexibility index (Phi) is 13.1. The van der Waals surface area contributed by atoms with Crippen LogP contribution in [0.2, 0.25) is 0 Å². The van der Waals surface area contributed by atoms with Crippen LogP contribution in [0.5, 0.6) is 0 Å². The summed E-state index contributed by atoms with van der Waals surface area (Å²) in [6, 6.07) is 16.1. The van der Waals surface area contributed by atoms with Crippen LogP contribution in [0.4, 0.5) is 33.0 Å². The number of azo groups is 2. The van der Waals surface area contributed by atoms with Crippen LogP contribution < -0.4 is 44.6 Å². The van der Waals surface area contributed by atoms with Crippen molar-refractivity contribution in [3.05, 3.63) is 71.7 Å². The van der Waals surface area contributed by atoms with E-state index >= 15 is 0 Å². The average Bonchev–Trinajstić information content (AvgIpc) is 3.49. The lowest BCUT2D eigenvalue weighted by molar-refractivity contribution is -0.654. The van der Waals surface area contributed by atoms with Gasteiger partial charge in [-0.2, -0.15) is 0 Å². The highest BCUT2D eigenvalue weighted by molar-refractivity contribution is 7.13. The van der Waals surface area contributed by atoms with E-state index in [0.717, 1.165) is 65.4 Å². The molecule has 0 spiro atoms. The second kappa shape index (κ2) is 16.0. The molecule has 37 heavy (non-hydrogen) atoms. The minimum Gasteiger partial charge on any atom is -1.00 e. The third-order valence-corrected chi connectivity index (χ3v) is 6.94. The first kappa shape index (κ1) is 30.3. The van der Waals surface area contributed by atoms with Crippen molar-refractivity contribution < 1.29 is 33.9 Å². The number of rotatable bonds is 12. The van der Waals surface area contributed by atoms with Gasteiger partial charge in [-0.05, 0) is 101 Å². The van der Waals surface area contributed by atoms with Gasteiger partial charge < -0.3 is 35.4 Å². The molecule has 8 nitrogen and oxygen atoms in total. The number of aryl methyl sites for hydroxylation is 2. The first-order valence-corrected chi connectivity index (χ1v) is 13.3. The predicted octanol–water partition coefficient (Wildman–Crippen LogP) is 0.992. The summed E-state index contributed by atoms with van der Waals surface area (Å²) in [5.74, 6) is 0. The highest BCUT2D eigenvalue weighted by Crippen LogP contribution is 2.22. The molecule has 2 heterocycles.